The van der Waals surface area contributed by atoms with Gasteiger partial charge in [0, 0.05) is 35.3 Å². The van der Waals surface area contributed by atoms with E-state index in [4.69, 9.17) is 0 Å². The molecule has 0 aliphatic carbocycles. The molecule has 1 atom stereocenters. The fourth-order valence-corrected chi connectivity index (χ4v) is 3.86. The van der Waals surface area contributed by atoms with Gasteiger partial charge in [0.05, 0.1) is 17.7 Å². The summed E-state index contributed by atoms with van der Waals surface area (Å²) in [6, 6.07) is 1.00. The first kappa shape index (κ1) is 17.1. The second-order valence-electron chi connectivity index (χ2n) is 5.98. The third kappa shape index (κ3) is 2.99. The Hall–Kier alpha value is -2.33. The molecule has 3 aromatic heterocycles. The van der Waals surface area contributed by atoms with E-state index >= 15 is 0 Å². The summed E-state index contributed by atoms with van der Waals surface area (Å²) in [6.07, 6.45) is 2.07. The molecule has 4 rings (SSSR count). The van der Waals surface area contributed by atoms with E-state index in [1.807, 2.05) is 12.3 Å². The van der Waals surface area contributed by atoms with Crippen LogP contribution in [0.25, 0.3) is 11.4 Å². The predicted octanol–water partition coefficient (Wildman–Crippen LogP) is 3.81. The number of aromatic nitrogens is 4. The van der Waals surface area contributed by atoms with E-state index in [2.05, 4.69) is 41.4 Å². The van der Waals surface area contributed by atoms with Gasteiger partial charge in [-0.1, -0.05) is 0 Å². The van der Waals surface area contributed by atoms with Crippen LogP contribution >= 0.6 is 27.3 Å². The van der Waals surface area contributed by atoms with Gasteiger partial charge in [-0.05, 0) is 28.9 Å². The van der Waals surface area contributed by atoms with Crippen molar-refractivity contribution in [3.8, 4) is 11.4 Å². The number of H-pyrrole nitrogens is 1. The summed E-state index contributed by atoms with van der Waals surface area (Å²) in [7, 11) is 0. The molecule has 7 nitrogen and oxygen atoms in total. The number of rotatable bonds is 2. The highest BCUT2D eigenvalue weighted by molar-refractivity contribution is 9.10. The van der Waals surface area contributed by atoms with E-state index in [0.29, 0.717) is 13.0 Å². The number of anilines is 1. The van der Waals surface area contributed by atoms with E-state index in [0.717, 1.165) is 22.6 Å². The standard InChI is InChI=1S/C16H14BrFN6OS/c1-8-4-11-9(14(23-22-11)12-6-26-7-20-12)5-24(8)16(25)21-10-2-3-19-15(17)13(10)18/h2-3,6-8H,4-5H2,1H3,(H,22,23)(H,19,21,25). The number of nitrogens with one attached hydrogen (secondary N) is 2. The maximum atomic E-state index is 14.1. The summed E-state index contributed by atoms with van der Waals surface area (Å²) >= 11 is 4.51. The fourth-order valence-electron chi connectivity index (χ4n) is 2.99. The third-order valence-corrected chi connectivity index (χ3v) is 5.48. The zero-order valence-corrected chi connectivity index (χ0v) is 16.1. The Labute approximate surface area is 160 Å². The van der Waals surface area contributed by atoms with Crippen LogP contribution in [-0.2, 0) is 13.0 Å². The van der Waals surface area contributed by atoms with Crippen molar-refractivity contribution in [2.75, 3.05) is 5.32 Å². The molecule has 26 heavy (non-hydrogen) atoms. The molecule has 1 unspecified atom stereocenters. The van der Waals surface area contributed by atoms with Gasteiger partial charge in [-0.2, -0.15) is 5.10 Å². The molecule has 0 aromatic carbocycles. The van der Waals surface area contributed by atoms with Gasteiger partial charge in [0.25, 0.3) is 0 Å². The maximum Gasteiger partial charge on any atom is 0.322 e. The highest BCUT2D eigenvalue weighted by Crippen LogP contribution is 2.31. The molecule has 2 N–H and O–H groups in total. The van der Waals surface area contributed by atoms with Crippen molar-refractivity contribution >= 4 is 39.0 Å². The number of urea groups is 1. The number of carbonyl (C=O) groups is 1. The topological polar surface area (TPSA) is 86.8 Å². The molecule has 0 fully saturated rings. The summed E-state index contributed by atoms with van der Waals surface area (Å²) in [5, 5.41) is 12.0. The normalized spacial score (nSPS) is 16.4. The lowest BCUT2D eigenvalue weighted by Gasteiger charge is -2.33. The Bertz CT molecular complexity index is 960. The zero-order chi connectivity index (χ0) is 18.3. The van der Waals surface area contributed by atoms with Gasteiger partial charge in [0.2, 0.25) is 0 Å². The van der Waals surface area contributed by atoms with Crippen molar-refractivity contribution < 1.29 is 9.18 Å². The van der Waals surface area contributed by atoms with Gasteiger partial charge < -0.3 is 10.2 Å². The summed E-state index contributed by atoms with van der Waals surface area (Å²) in [4.78, 5) is 22.5. The zero-order valence-electron chi connectivity index (χ0n) is 13.7. The molecule has 0 radical (unpaired) electrons. The lowest BCUT2D eigenvalue weighted by Crippen LogP contribution is -2.44. The molecular formula is C16H14BrFN6OS. The molecule has 0 saturated heterocycles. The number of hydrogen-bond donors (Lipinski definition) is 2. The Morgan fingerprint density at radius 1 is 1.50 bits per heavy atom. The number of halogens is 2. The van der Waals surface area contributed by atoms with E-state index in [9.17, 15) is 9.18 Å². The number of nitrogens with zero attached hydrogens (tertiary/aromatic N) is 4. The fraction of sp³-hybridized carbons (Fsp3) is 0.250. The minimum atomic E-state index is -0.599. The molecule has 0 saturated carbocycles. The number of carbonyl (C=O) groups excluding carboxylic acids is 1. The van der Waals surface area contributed by atoms with E-state index in [-0.39, 0.29) is 22.4 Å². The van der Waals surface area contributed by atoms with Crippen molar-refractivity contribution in [3.63, 3.8) is 0 Å². The first-order valence-electron chi connectivity index (χ1n) is 7.87. The molecule has 1 aliphatic rings. The highest BCUT2D eigenvalue weighted by Gasteiger charge is 2.31. The number of fused-ring (bicyclic) bond motifs is 1. The molecule has 2 amide bonds. The number of thiazole rings is 1. The second kappa shape index (κ2) is 6.76. The molecule has 0 spiro atoms. The Balaban J connectivity index is 1.59. The lowest BCUT2D eigenvalue weighted by molar-refractivity contribution is 0.182. The van der Waals surface area contributed by atoms with Gasteiger partial charge in [-0.15, -0.1) is 11.3 Å². The molecule has 3 aromatic rings. The average molecular weight is 437 g/mol. The van der Waals surface area contributed by atoms with Gasteiger partial charge >= 0.3 is 6.03 Å². The van der Waals surface area contributed by atoms with Gasteiger partial charge in [-0.3, -0.25) is 5.10 Å². The Morgan fingerprint density at radius 3 is 3.12 bits per heavy atom. The van der Waals surface area contributed by atoms with Crippen molar-refractivity contribution in [1.29, 1.82) is 0 Å². The molecule has 10 heteroatoms. The van der Waals surface area contributed by atoms with Crippen LogP contribution in [0.3, 0.4) is 0 Å². The Morgan fingerprint density at radius 2 is 2.35 bits per heavy atom. The van der Waals surface area contributed by atoms with E-state index < -0.39 is 5.82 Å². The first-order valence-corrected chi connectivity index (χ1v) is 9.60. The van der Waals surface area contributed by atoms with Crippen molar-refractivity contribution in [2.45, 2.75) is 25.9 Å². The Kier molecular flexibility index (Phi) is 4.45. The van der Waals surface area contributed by atoms with Crippen molar-refractivity contribution in [3.05, 3.63) is 44.8 Å². The number of amides is 2. The van der Waals surface area contributed by atoms with Crippen molar-refractivity contribution in [1.82, 2.24) is 25.1 Å². The molecular weight excluding hydrogens is 423 g/mol. The number of hydrogen-bond acceptors (Lipinski definition) is 5. The van der Waals surface area contributed by atoms with Crippen LogP contribution in [0.5, 0.6) is 0 Å². The summed E-state index contributed by atoms with van der Waals surface area (Å²) < 4.78 is 14.2. The minimum Gasteiger partial charge on any atom is -0.317 e. The van der Waals surface area contributed by atoms with Crippen LogP contribution < -0.4 is 5.32 Å². The van der Waals surface area contributed by atoms with Gasteiger partial charge in [-0.25, -0.2) is 19.2 Å². The monoisotopic (exact) mass is 436 g/mol. The van der Waals surface area contributed by atoms with Crippen LogP contribution in [0.15, 0.2) is 27.8 Å². The van der Waals surface area contributed by atoms with Gasteiger partial charge in [0.1, 0.15) is 16.0 Å². The van der Waals surface area contributed by atoms with Crippen LogP contribution in [0.4, 0.5) is 14.9 Å². The highest BCUT2D eigenvalue weighted by atomic mass is 79.9. The summed E-state index contributed by atoms with van der Waals surface area (Å²) in [5.41, 5.74) is 5.32. The van der Waals surface area contributed by atoms with Crippen LogP contribution in [0, 0.1) is 5.82 Å². The molecule has 4 heterocycles. The largest absolute Gasteiger partial charge is 0.322 e. The van der Waals surface area contributed by atoms with E-state index in [1.165, 1.54) is 23.6 Å². The molecule has 134 valence electrons. The van der Waals surface area contributed by atoms with Crippen LogP contribution in [-0.4, -0.2) is 37.1 Å². The molecule has 1 aliphatic heterocycles. The van der Waals surface area contributed by atoms with Crippen molar-refractivity contribution in [2.24, 2.45) is 0 Å². The van der Waals surface area contributed by atoms with E-state index in [1.54, 1.807) is 10.4 Å². The smallest absolute Gasteiger partial charge is 0.317 e. The average Bonchev–Trinajstić information content (AvgIpc) is 3.27. The predicted molar refractivity (Wildman–Crippen MR) is 99.3 cm³/mol. The van der Waals surface area contributed by atoms with Crippen LogP contribution in [0.1, 0.15) is 18.2 Å². The third-order valence-electron chi connectivity index (χ3n) is 4.34. The minimum absolute atomic E-state index is 0.0560. The maximum absolute atomic E-state index is 14.1. The number of aromatic amines is 1. The first-order chi connectivity index (χ1) is 12.5. The van der Waals surface area contributed by atoms with Gasteiger partial charge in [0.15, 0.2) is 5.82 Å². The van der Waals surface area contributed by atoms with Crippen LogP contribution in [0.2, 0.25) is 0 Å². The number of pyridine rings is 1. The quantitative estimate of drug-likeness (QED) is 0.597. The SMILES string of the molecule is CC1Cc2[nH]nc(-c3cscn3)c2CN1C(=O)Nc1ccnc(Br)c1F. The second-order valence-corrected chi connectivity index (χ2v) is 7.45. The summed E-state index contributed by atoms with van der Waals surface area (Å²) in [5.74, 6) is -0.599. The molecule has 0 bridgehead atoms. The lowest BCUT2D eigenvalue weighted by atomic mass is 9.99. The summed E-state index contributed by atoms with van der Waals surface area (Å²) in [6.45, 7) is 2.32.